The number of ether oxygens (including phenoxy) is 1. The van der Waals surface area contributed by atoms with E-state index in [0.29, 0.717) is 30.4 Å². The van der Waals surface area contributed by atoms with Crippen LogP contribution in [0.2, 0.25) is 5.02 Å². The van der Waals surface area contributed by atoms with E-state index in [0.717, 1.165) is 42.1 Å². The van der Waals surface area contributed by atoms with Gasteiger partial charge in [0.05, 0.1) is 19.7 Å². The van der Waals surface area contributed by atoms with E-state index in [-0.39, 0.29) is 18.0 Å². The number of rotatable bonds is 4. The Balaban J connectivity index is 1.32. The summed E-state index contributed by atoms with van der Waals surface area (Å²) in [6.07, 6.45) is 5.59. The number of hydrogen-bond donors (Lipinski definition) is 3. The Morgan fingerprint density at radius 3 is 2.81 bits per heavy atom. The molecule has 5 rings (SSSR count). The van der Waals surface area contributed by atoms with Crippen LogP contribution >= 0.6 is 11.6 Å². The van der Waals surface area contributed by atoms with Gasteiger partial charge in [-0.2, -0.15) is 0 Å². The maximum absolute atomic E-state index is 12.6. The number of amides is 1. The minimum atomic E-state index is 0.0963. The number of carbonyl (C=O) groups is 1. The van der Waals surface area contributed by atoms with Gasteiger partial charge in [-0.05, 0) is 42.4 Å². The molecule has 2 aromatic rings. The second-order valence-electron chi connectivity index (χ2n) is 8.74. The van der Waals surface area contributed by atoms with Crippen molar-refractivity contribution in [3.8, 4) is 6.01 Å². The van der Waals surface area contributed by atoms with Crippen molar-refractivity contribution in [1.29, 1.82) is 0 Å². The summed E-state index contributed by atoms with van der Waals surface area (Å²) in [5, 5.41) is 4.00. The number of nitrogens with one attached hydrogen (secondary N) is 3. The fraction of sp³-hybridized carbons (Fsp3) is 0.500. The summed E-state index contributed by atoms with van der Waals surface area (Å²) in [6.45, 7) is 2.01. The topological polar surface area (TPSA) is 91.4 Å². The molecule has 2 aliphatic heterocycles. The van der Waals surface area contributed by atoms with E-state index < -0.39 is 0 Å². The number of nitrogens with zero attached hydrogens (tertiary/aromatic N) is 3. The minimum Gasteiger partial charge on any atom is -0.467 e. The molecule has 9 heteroatoms. The Kier molecular flexibility index (Phi) is 5.79. The van der Waals surface area contributed by atoms with Crippen molar-refractivity contribution in [1.82, 2.24) is 31.0 Å². The van der Waals surface area contributed by atoms with Crippen molar-refractivity contribution in [3.05, 3.63) is 52.8 Å². The lowest BCUT2D eigenvalue weighted by atomic mass is 9.72. The molecule has 2 saturated heterocycles. The van der Waals surface area contributed by atoms with Gasteiger partial charge in [0, 0.05) is 48.2 Å². The predicted octanol–water partition coefficient (Wildman–Crippen LogP) is 1.68. The van der Waals surface area contributed by atoms with Crippen molar-refractivity contribution in [3.63, 3.8) is 0 Å². The zero-order chi connectivity index (χ0) is 21.4. The van der Waals surface area contributed by atoms with Crippen LogP contribution in [-0.4, -0.2) is 53.1 Å². The van der Waals surface area contributed by atoms with Crippen molar-refractivity contribution in [2.24, 2.45) is 11.8 Å². The third-order valence-electron chi connectivity index (χ3n) is 6.71. The number of halogens is 1. The Morgan fingerprint density at radius 2 is 2.03 bits per heavy atom. The summed E-state index contributed by atoms with van der Waals surface area (Å²) in [6, 6.07) is 8.86. The summed E-state index contributed by atoms with van der Waals surface area (Å²) in [5.74, 6) is 0.885. The molecule has 5 unspecified atom stereocenters. The zero-order valence-corrected chi connectivity index (χ0v) is 18.2. The van der Waals surface area contributed by atoms with Crippen LogP contribution in [0, 0.1) is 11.8 Å². The fourth-order valence-corrected chi connectivity index (χ4v) is 5.54. The van der Waals surface area contributed by atoms with Crippen molar-refractivity contribution in [2.75, 3.05) is 20.2 Å². The Bertz CT molecular complexity index is 942. The monoisotopic (exact) mass is 442 g/mol. The number of fused-ring (bicyclic) bond motifs is 2. The predicted molar refractivity (Wildman–Crippen MR) is 116 cm³/mol. The zero-order valence-electron chi connectivity index (χ0n) is 17.4. The van der Waals surface area contributed by atoms with Crippen LogP contribution in [0.5, 0.6) is 6.01 Å². The van der Waals surface area contributed by atoms with E-state index >= 15 is 0 Å². The largest absolute Gasteiger partial charge is 0.467 e. The number of hydrogen-bond acceptors (Lipinski definition) is 7. The van der Waals surface area contributed by atoms with E-state index in [2.05, 4.69) is 37.1 Å². The first kappa shape index (κ1) is 20.6. The van der Waals surface area contributed by atoms with E-state index in [9.17, 15) is 4.79 Å². The lowest BCUT2D eigenvalue weighted by Crippen LogP contribution is -2.50. The van der Waals surface area contributed by atoms with Crippen LogP contribution in [0.3, 0.4) is 0 Å². The lowest BCUT2D eigenvalue weighted by Gasteiger charge is -2.39. The molecule has 0 spiro atoms. The smallest absolute Gasteiger partial charge is 0.316 e. The lowest BCUT2D eigenvalue weighted by molar-refractivity contribution is -0.122. The number of aromatic nitrogens is 2. The highest BCUT2D eigenvalue weighted by Crippen LogP contribution is 2.41. The van der Waals surface area contributed by atoms with Crippen LogP contribution in [-0.2, 0) is 11.3 Å². The average molecular weight is 443 g/mol. The molecular formula is C22H27ClN6O2. The van der Waals surface area contributed by atoms with Gasteiger partial charge in [0.15, 0.2) is 0 Å². The summed E-state index contributed by atoms with van der Waals surface area (Å²) in [5.41, 5.74) is 9.06. The van der Waals surface area contributed by atoms with Crippen LogP contribution in [0.25, 0.3) is 0 Å². The molecule has 1 aromatic carbocycles. The van der Waals surface area contributed by atoms with Crippen LogP contribution in [0.1, 0.15) is 30.0 Å². The summed E-state index contributed by atoms with van der Waals surface area (Å²) >= 11 is 6.16. The van der Waals surface area contributed by atoms with Crippen LogP contribution in [0.15, 0.2) is 36.7 Å². The molecule has 31 heavy (non-hydrogen) atoms. The van der Waals surface area contributed by atoms with Crippen LogP contribution < -0.4 is 20.9 Å². The van der Waals surface area contributed by atoms with Gasteiger partial charge in [0.2, 0.25) is 5.91 Å². The SMILES string of the molecule is COc1ncc(C2NNC3CC4NC(=O)CN(Cc5cccc(Cl)c5)CC4CC32)cn1. The quantitative estimate of drug-likeness (QED) is 0.663. The molecule has 3 N–H and O–H groups in total. The van der Waals surface area contributed by atoms with E-state index in [4.69, 9.17) is 16.3 Å². The number of carbonyl (C=O) groups excluding carboxylic acids is 1. The molecule has 5 atom stereocenters. The minimum absolute atomic E-state index is 0.0963. The Hall–Kier alpha value is -2.26. The van der Waals surface area contributed by atoms with Gasteiger partial charge in [-0.15, -0.1) is 0 Å². The van der Waals surface area contributed by atoms with Gasteiger partial charge in [-0.25, -0.2) is 15.4 Å². The van der Waals surface area contributed by atoms with E-state index in [1.165, 1.54) is 0 Å². The first-order valence-corrected chi connectivity index (χ1v) is 11.1. The first-order valence-electron chi connectivity index (χ1n) is 10.7. The number of hydrazine groups is 1. The maximum atomic E-state index is 12.6. The van der Waals surface area contributed by atoms with Gasteiger partial charge in [0.25, 0.3) is 0 Å². The molecule has 1 saturated carbocycles. The molecule has 0 bridgehead atoms. The van der Waals surface area contributed by atoms with Gasteiger partial charge in [0.1, 0.15) is 0 Å². The molecule has 3 aliphatic rings. The summed E-state index contributed by atoms with van der Waals surface area (Å²) in [4.78, 5) is 23.4. The summed E-state index contributed by atoms with van der Waals surface area (Å²) in [7, 11) is 1.57. The van der Waals surface area contributed by atoms with Gasteiger partial charge < -0.3 is 10.1 Å². The molecule has 0 radical (unpaired) electrons. The number of benzene rings is 1. The normalized spacial score (nSPS) is 30.8. The molecule has 3 heterocycles. The first-order chi connectivity index (χ1) is 15.1. The fourth-order valence-electron chi connectivity index (χ4n) is 5.32. The van der Waals surface area contributed by atoms with Crippen molar-refractivity contribution >= 4 is 17.5 Å². The van der Waals surface area contributed by atoms with E-state index in [1.54, 1.807) is 7.11 Å². The van der Waals surface area contributed by atoms with Gasteiger partial charge in [-0.3, -0.25) is 15.1 Å². The van der Waals surface area contributed by atoms with Crippen LogP contribution in [0.4, 0.5) is 0 Å². The molecule has 1 aromatic heterocycles. The number of methoxy groups -OCH3 is 1. The average Bonchev–Trinajstić information content (AvgIpc) is 3.09. The molecular weight excluding hydrogens is 416 g/mol. The van der Waals surface area contributed by atoms with E-state index in [1.807, 2.05) is 30.6 Å². The third kappa shape index (κ3) is 4.39. The maximum Gasteiger partial charge on any atom is 0.316 e. The highest BCUT2D eigenvalue weighted by molar-refractivity contribution is 6.30. The Morgan fingerprint density at radius 1 is 1.19 bits per heavy atom. The van der Waals surface area contributed by atoms with Gasteiger partial charge in [-0.1, -0.05) is 23.7 Å². The standard InChI is InChI=1S/C22H27ClN6O2/c1-31-22-24-8-15(9-25-22)21-17-6-14-11-29(10-13-3-2-4-16(23)5-13)12-20(30)26-18(14)7-19(17)27-28-21/h2-5,8-9,14,17-19,21,27-28H,6-7,10-12H2,1H3,(H,26,30). The highest BCUT2D eigenvalue weighted by Gasteiger charge is 2.46. The molecule has 1 amide bonds. The molecule has 3 fully saturated rings. The molecule has 8 nitrogen and oxygen atoms in total. The van der Waals surface area contributed by atoms with Gasteiger partial charge >= 0.3 is 6.01 Å². The second kappa shape index (κ2) is 8.70. The van der Waals surface area contributed by atoms with Crippen molar-refractivity contribution < 1.29 is 9.53 Å². The third-order valence-corrected chi connectivity index (χ3v) is 6.95. The Labute approximate surface area is 186 Å². The molecule has 164 valence electrons. The van der Waals surface area contributed by atoms with Crippen molar-refractivity contribution in [2.45, 2.75) is 37.5 Å². The molecule has 1 aliphatic carbocycles. The summed E-state index contributed by atoms with van der Waals surface area (Å²) < 4.78 is 5.09. The second-order valence-corrected chi connectivity index (χ2v) is 9.18. The highest BCUT2D eigenvalue weighted by atomic mass is 35.5.